The second kappa shape index (κ2) is 5.23. The number of hydrogen-bond acceptors (Lipinski definition) is 2. The summed E-state index contributed by atoms with van der Waals surface area (Å²) in [7, 11) is 0. The Labute approximate surface area is 129 Å². The maximum atomic E-state index is 13.4. The van der Waals surface area contributed by atoms with E-state index in [0.717, 1.165) is 17.1 Å². The minimum Gasteiger partial charge on any atom is -0.333 e. The Kier molecular flexibility index (Phi) is 3.51. The standard InChI is InChI=1S/C17H20FN3O/c1-4-16(22)20-10-15-19-14(9-21(15)17(2,3)11-20)12-6-5-7-13(18)8-12/h5-9H,4,10-11H2,1-3H3. The van der Waals surface area contributed by atoms with Crippen LogP contribution in [0.15, 0.2) is 30.5 Å². The van der Waals surface area contributed by atoms with E-state index in [2.05, 4.69) is 23.4 Å². The third-order valence-corrected chi connectivity index (χ3v) is 4.12. The average Bonchev–Trinajstić information content (AvgIpc) is 2.91. The zero-order chi connectivity index (χ0) is 15.9. The van der Waals surface area contributed by atoms with Gasteiger partial charge in [0.1, 0.15) is 11.6 Å². The highest BCUT2D eigenvalue weighted by atomic mass is 19.1. The van der Waals surface area contributed by atoms with Gasteiger partial charge in [0.05, 0.1) is 17.8 Å². The SMILES string of the molecule is CCC(=O)N1Cc2nc(-c3cccc(F)c3)cn2C(C)(C)C1. The second-order valence-electron chi connectivity index (χ2n) is 6.34. The lowest BCUT2D eigenvalue weighted by Gasteiger charge is -2.39. The maximum absolute atomic E-state index is 13.4. The lowest BCUT2D eigenvalue weighted by molar-refractivity contribution is -0.134. The van der Waals surface area contributed by atoms with E-state index in [4.69, 9.17) is 0 Å². The van der Waals surface area contributed by atoms with Crippen LogP contribution in [-0.2, 0) is 16.9 Å². The molecule has 0 radical (unpaired) electrons. The van der Waals surface area contributed by atoms with Gasteiger partial charge in [-0.1, -0.05) is 19.1 Å². The molecule has 1 aliphatic rings. The Balaban J connectivity index is 2.01. The first-order valence-corrected chi connectivity index (χ1v) is 7.53. The molecule has 0 N–H and O–H groups in total. The number of halogens is 1. The third-order valence-electron chi connectivity index (χ3n) is 4.12. The number of benzene rings is 1. The molecule has 0 bridgehead atoms. The first-order chi connectivity index (χ1) is 10.4. The molecule has 22 heavy (non-hydrogen) atoms. The Bertz CT molecular complexity index is 720. The van der Waals surface area contributed by atoms with E-state index < -0.39 is 0 Å². The van der Waals surface area contributed by atoms with Crippen molar-refractivity contribution in [1.82, 2.24) is 14.5 Å². The van der Waals surface area contributed by atoms with Crippen LogP contribution in [0.4, 0.5) is 4.39 Å². The predicted molar refractivity (Wildman–Crippen MR) is 82.7 cm³/mol. The molecule has 5 heteroatoms. The molecule has 1 aromatic heterocycles. The van der Waals surface area contributed by atoms with Gasteiger partial charge in [0.15, 0.2) is 0 Å². The summed E-state index contributed by atoms with van der Waals surface area (Å²) in [5.74, 6) is 0.706. The summed E-state index contributed by atoms with van der Waals surface area (Å²) in [6.45, 7) is 7.21. The quantitative estimate of drug-likeness (QED) is 0.854. The largest absolute Gasteiger partial charge is 0.333 e. The van der Waals surface area contributed by atoms with E-state index in [1.165, 1.54) is 12.1 Å². The van der Waals surface area contributed by atoms with Gasteiger partial charge >= 0.3 is 0 Å². The fourth-order valence-electron chi connectivity index (χ4n) is 3.01. The van der Waals surface area contributed by atoms with E-state index in [-0.39, 0.29) is 17.3 Å². The van der Waals surface area contributed by atoms with Gasteiger partial charge in [-0.15, -0.1) is 0 Å². The van der Waals surface area contributed by atoms with Crippen LogP contribution in [0.3, 0.4) is 0 Å². The Morgan fingerprint density at radius 2 is 2.18 bits per heavy atom. The van der Waals surface area contributed by atoms with Crippen LogP contribution in [0.1, 0.15) is 33.0 Å². The first kappa shape index (κ1) is 14.8. The highest BCUT2D eigenvalue weighted by molar-refractivity contribution is 5.76. The monoisotopic (exact) mass is 301 g/mol. The van der Waals surface area contributed by atoms with Crippen molar-refractivity contribution >= 4 is 5.91 Å². The molecular weight excluding hydrogens is 281 g/mol. The fraction of sp³-hybridized carbons (Fsp3) is 0.412. The van der Waals surface area contributed by atoms with Crippen LogP contribution in [-0.4, -0.2) is 26.9 Å². The van der Waals surface area contributed by atoms with Crippen molar-refractivity contribution in [3.05, 3.63) is 42.1 Å². The number of imidazole rings is 1. The van der Waals surface area contributed by atoms with Crippen molar-refractivity contribution in [1.29, 1.82) is 0 Å². The summed E-state index contributed by atoms with van der Waals surface area (Å²) in [6.07, 6.45) is 2.45. The summed E-state index contributed by atoms with van der Waals surface area (Å²) < 4.78 is 15.5. The number of amides is 1. The molecule has 0 saturated carbocycles. The van der Waals surface area contributed by atoms with Gasteiger partial charge in [-0.05, 0) is 26.0 Å². The summed E-state index contributed by atoms with van der Waals surface area (Å²) in [4.78, 5) is 18.5. The molecule has 1 amide bonds. The van der Waals surface area contributed by atoms with Gasteiger partial charge in [-0.2, -0.15) is 0 Å². The maximum Gasteiger partial charge on any atom is 0.222 e. The Morgan fingerprint density at radius 1 is 1.41 bits per heavy atom. The van der Waals surface area contributed by atoms with Gasteiger partial charge in [-0.3, -0.25) is 4.79 Å². The number of carbonyl (C=O) groups is 1. The average molecular weight is 301 g/mol. The summed E-state index contributed by atoms with van der Waals surface area (Å²) in [6, 6.07) is 6.43. The molecule has 0 aliphatic carbocycles. The first-order valence-electron chi connectivity index (χ1n) is 7.53. The topological polar surface area (TPSA) is 38.1 Å². The molecule has 2 aromatic rings. The molecule has 0 atom stereocenters. The van der Waals surface area contributed by atoms with Crippen molar-refractivity contribution in [2.45, 2.75) is 39.3 Å². The van der Waals surface area contributed by atoms with Crippen molar-refractivity contribution in [3.8, 4) is 11.3 Å². The molecule has 3 rings (SSSR count). The van der Waals surface area contributed by atoms with Crippen molar-refractivity contribution < 1.29 is 9.18 Å². The van der Waals surface area contributed by atoms with Crippen LogP contribution < -0.4 is 0 Å². The number of hydrogen-bond donors (Lipinski definition) is 0. The smallest absolute Gasteiger partial charge is 0.222 e. The van der Waals surface area contributed by atoms with E-state index in [1.54, 1.807) is 6.07 Å². The Morgan fingerprint density at radius 3 is 2.86 bits per heavy atom. The molecule has 0 fully saturated rings. The number of carbonyl (C=O) groups excluding carboxylic acids is 1. The summed E-state index contributed by atoms with van der Waals surface area (Å²) >= 11 is 0. The van der Waals surface area contributed by atoms with Gasteiger partial charge in [0, 0.05) is 24.7 Å². The molecule has 2 heterocycles. The van der Waals surface area contributed by atoms with Gasteiger partial charge < -0.3 is 9.47 Å². The van der Waals surface area contributed by atoms with E-state index in [9.17, 15) is 9.18 Å². The number of aromatic nitrogens is 2. The van der Waals surface area contributed by atoms with Crippen molar-refractivity contribution in [2.24, 2.45) is 0 Å². The highest BCUT2D eigenvalue weighted by Crippen LogP contribution is 2.30. The fourth-order valence-corrected chi connectivity index (χ4v) is 3.01. The molecule has 1 aromatic carbocycles. The summed E-state index contributed by atoms with van der Waals surface area (Å²) in [5.41, 5.74) is 1.27. The van der Waals surface area contributed by atoms with Crippen LogP contribution >= 0.6 is 0 Å². The summed E-state index contributed by atoms with van der Waals surface area (Å²) in [5, 5.41) is 0. The van der Waals surface area contributed by atoms with E-state index >= 15 is 0 Å². The zero-order valence-corrected chi connectivity index (χ0v) is 13.1. The molecule has 1 aliphatic heterocycles. The van der Waals surface area contributed by atoms with Crippen LogP contribution in [0.5, 0.6) is 0 Å². The molecule has 0 unspecified atom stereocenters. The number of nitrogens with zero attached hydrogens (tertiary/aromatic N) is 3. The molecule has 0 saturated heterocycles. The normalized spacial score (nSPS) is 16.5. The van der Waals surface area contributed by atoms with E-state index in [0.29, 0.717) is 19.5 Å². The lowest BCUT2D eigenvalue weighted by Crippen LogP contribution is -2.48. The predicted octanol–water partition coefficient (Wildman–Crippen LogP) is 3.18. The van der Waals surface area contributed by atoms with Gasteiger partial charge in [-0.25, -0.2) is 9.37 Å². The highest BCUT2D eigenvalue weighted by Gasteiger charge is 2.34. The third kappa shape index (κ3) is 2.51. The number of fused-ring (bicyclic) bond motifs is 1. The zero-order valence-electron chi connectivity index (χ0n) is 13.1. The molecule has 116 valence electrons. The van der Waals surface area contributed by atoms with Gasteiger partial charge in [0.25, 0.3) is 0 Å². The lowest BCUT2D eigenvalue weighted by atomic mass is 10.0. The Hall–Kier alpha value is -2.17. The van der Waals surface area contributed by atoms with Gasteiger partial charge in [0.2, 0.25) is 5.91 Å². The van der Waals surface area contributed by atoms with E-state index in [1.807, 2.05) is 24.1 Å². The minimum absolute atomic E-state index is 0.134. The van der Waals surface area contributed by atoms with Crippen LogP contribution in [0, 0.1) is 5.82 Å². The molecular formula is C17H20FN3O. The van der Waals surface area contributed by atoms with Crippen molar-refractivity contribution in [3.63, 3.8) is 0 Å². The van der Waals surface area contributed by atoms with Crippen molar-refractivity contribution in [2.75, 3.05) is 6.54 Å². The number of rotatable bonds is 2. The van der Waals surface area contributed by atoms with Crippen LogP contribution in [0.2, 0.25) is 0 Å². The minimum atomic E-state index is -0.273. The molecule has 4 nitrogen and oxygen atoms in total. The molecule has 0 spiro atoms. The second-order valence-corrected chi connectivity index (χ2v) is 6.34. The van der Waals surface area contributed by atoms with Crippen LogP contribution in [0.25, 0.3) is 11.3 Å².